The molecule has 0 heterocycles. The van der Waals surface area contributed by atoms with Crippen molar-refractivity contribution in [2.75, 3.05) is 5.32 Å². The standard InChI is InChI=1S/C21H20N2O3/c1-14-7-8-16(21(26)22-17-9-10-17)13-18(14)23-20(25)12-11-19(24)15-5-3-2-4-6-15/h2-8,11-13,17H,9-10H2,1H3,(H,22,26)(H,23,25)/b12-11+. The van der Waals surface area contributed by atoms with E-state index in [1.54, 1.807) is 42.5 Å². The van der Waals surface area contributed by atoms with Gasteiger partial charge in [0.1, 0.15) is 0 Å². The van der Waals surface area contributed by atoms with Crippen LogP contribution in [0, 0.1) is 6.92 Å². The van der Waals surface area contributed by atoms with Crippen molar-refractivity contribution in [3.05, 3.63) is 77.4 Å². The second-order valence-electron chi connectivity index (χ2n) is 6.33. The van der Waals surface area contributed by atoms with Crippen LogP contribution in [0.2, 0.25) is 0 Å². The Kier molecular flexibility index (Phi) is 5.27. The van der Waals surface area contributed by atoms with Crippen molar-refractivity contribution >= 4 is 23.3 Å². The van der Waals surface area contributed by atoms with E-state index in [0.717, 1.165) is 18.4 Å². The molecule has 132 valence electrons. The van der Waals surface area contributed by atoms with Crippen LogP contribution in [0.25, 0.3) is 0 Å². The first-order chi connectivity index (χ1) is 12.5. The van der Waals surface area contributed by atoms with E-state index in [9.17, 15) is 14.4 Å². The Morgan fingerprint density at radius 2 is 1.69 bits per heavy atom. The molecule has 0 saturated heterocycles. The summed E-state index contributed by atoms with van der Waals surface area (Å²) in [5.74, 6) is -0.801. The van der Waals surface area contributed by atoms with E-state index in [2.05, 4.69) is 10.6 Å². The van der Waals surface area contributed by atoms with Gasteiger partial charge in [-0.2, -0.15) is 0 Å². The van der Waals surface area contributed by atoms with E-state index in [1.165, 1.54) is 12.2 Å². The third-order valence-electron chi connectivity index (χ3n) is 4.11. The Morgan fingerprint density at radius 3 is 2.38 bits per heavy atom. The fourth-order valence-electron chi connectivity index (χ4n) is 2.42. The zero-order valence-electron chi connectivity index (χ0n) is 14.5. The van der Waals surface area contributed by atoms with Gasteiger partial charge >= 0.3 is 0 Å². The van der Waals surface area contributed by atoms with Gasteiger partial charge in [-0.15, -0.1) is 0 Å². The third-order valence-corrected chi connectivity index (χ3v) is 4.11. The van der Waals surface area contributed by atoms with Crippen LogP contribution in [0.5, 0.6) is 0 Å². The van der Waals surface area contributed by atoms with Gasteiger partial charge in [-0.3, -0.25) is 14.4 Å². The van der Waals surface area contributed by atoms with Crippen LogP contribution in [0.4, 0.5) is 5.69 Å². The Bertz CT molecular complexity index is 868. The second kappa shape index (κ2) is 7.78. The Labute approximate surface area is 152 Å². The quantitative estimate of drug-likeness (QED) is 0.621. The number of rotatable bonds is 6. The number of benzene rings is 2. The summed E-state index contributed by atoms with van der Waals surface area (Å²) in [5, 5.41) is 5.64. The second-order valence-corrected chi connectivity index (χ2v) is 6.33. The lowest BCUT2D eigenvalue weighted by Gasteiger charge is -2.09. The van der Waals surface area contributed by atoms with Gasteiger partial charge in [0, 0.05) is 28.9 Å². The van der Waals surface area contributed by atoms with Crippen molar-refractivity contribution in [1.82, 2.24) is 5.32 Å². The molecule has 2 aromatic rings. The average molecular weight is 348 g/mol. The molecule has 26 heavy (non-hydrogen) atoms. The minimum absolute atomic E-state index is 0.141. The summed E-state index contributed by atoms with van der Waals surface area (Å²) in [6.45, 7) is 1.84. The molecule has 5 nitrogen and oxygen atoms in total. The maximum absolute atomic E-state index is 12.1. The van der Waals surface area contributed by atoms with Gasteiger partial charge in [0.05, 0.1) is 0 Å². The summed E-state index contributed by atoms with van der Waals surface area (Å²) in [6.07, 6.45) is 4.47. The molecule has 0 aromatic heterocycles. The summed E-state index contributed by atoms with van der Waals surface area (Å²) < 4.78 is 0. The number of hydrogen-bond donors (Lipinski definition) is 2. The summed E-state index contributed by atoms with van der Waals surface area (Å²) in [6, 6.07) is 14.2. The number of allylic oxidation sites excluding steroid dienone is 1. The van der Waals surface area contributed by atoms with Crippen molar-refractivity contribution in [1.29, 1.82) is 0 Å². The largest absolute Gasteiger partial charge is 0.349 e. The maximum Gasteiger partial charge on any atom is 0.251 e. The molecule has 1 aliphatic carbocycles. The predicted molar refractivity (Wildman–Crippen MR) is 100 cm³/mol. The van der Waals surface area contributed by atoms with E-state index < -0.39 is 5.91 Å². The highest BCUT2D eigenvalue weighted by molar-refractivity contribution is 6.10. The normalized spacial score (nSPS) is 13.4. The van der Waals surface area contributed by atoms with E-state index in [4.69, 9.17) is 0 Å². The van der Waals surface area contributed by atoms with Gasteiger partial charge in [0.25, 0.3) is 5.91 Å². The molecule has 2 amide bonds. The minimum atomic E-state index is -0.419. The molecule has 1 aliphatic rings. The number of ketones is 1. The van der Waals surface area contributed by atoms with Gasteiger partial charge in [0.15, 0.2) is 5.78 Å². The van der Waals surface area contributed by atoms with E-state index in [-0.39, 0.29) is 17.7 Å². The number of nitrogens with one attached hydrogen (secondary N) is 2. The predicted octanol–water partition coefficient (Wildman–Crippen LogP) is 3.26. The highest BCUT2D eigenvalue weighted by Gasteiger charge is 2.24. The number of hydrogen-bond acceptors (Lipinski definition) is 3. The molecule has 5 heteroatoms. The van der Waals surface area contributed by atoms with Gasteiger partial charge < -0.3 is 10.6 Å². The monoisotopic (exact) mass is 348 g/mol. The summed E-state index contributed by atoms with van der Waals surface area (Å²) >= 11 is 0. The highest BCUT2D eigenvalue weighted by Crippen LogP contribution is 2.21. The van der Waals surface area contributed by atoms with Crippen LogP contribution < -0.4 is 10.6 Å². The number of carbonyl (C=O) groups excluding carboxylic acids is 3. The molecule has 1 fully saturated rings. The third kappa shape index (κ3) is 4.66. The molecular weight excluding hydrogens is 328 g/mol. The lowest BCUT2D eigenvalue weighted by atomic mass is 10.1. The van der Waals surface area contributed by atoms with Crippen LogP contribution in [-0.2, 0) is 4.79 Å². The molecule has 3 rings (SSSR count). The molecule has 0 bridgehead atoms. The van der Waals surface area contributed by atoms with E-state index in [1.807, 2.05) is 13.0 Å². The Hall–Kier alpha value is -3.21. The topological polar surface area (TPSA) is 75.3 Å². The van der Waals surface area contributed by atoms with Crippen LogP contribution >= 0.6 is 0 Å². The molecule has 0 atom stereocenters. The van der Waals surface area contributed by atoms with E-state index in [0.29, 0.717) is 16.8 Å². The molecule has 0 radical (unpaired) electrons. The SMILES string of the molecule is Cc1ccc(C(=O)NC2CC2)cc1NC(=O)/C=C/C(=O)c1ccccc1. The lowest BCUT2D eigenvalue weighted by Crippen LogP contribution is -2.25. The molecular formula is C21H20N2O3. The maximum atomic E-state index is 12.1. The fourth-order valence-corrected chi connectivity index (χ4v) is 2.42. The molecule has 0 aliphatic heterocycles. The first kappa shape index (κ1) is 17.6. The van der Waals surface area contributed by atoms with Crippen molar-refractivity contribution in [3.8, 4) is 0 Å². The Morgan fingerprint density at radius 1 is 0.962 bits per heavy atom. The smallest absolute Gasteiger partial charge is 0.251 e. The molecule has 1 saturated carbocycles. The number of carbonyl (C=O) groups is 3. The zero-order valence-corrected chi connectivity index (χ0v) is 14.5. The molecule has 0 spiro atoms. The first-order valence-electron chi connectivity index (χ1n) is 8.53. The van der Waals surface area contributed by atoms with Crippen LogP contribution in [0.1, 0.15) is 39.1 Å². The lowest BCUT2D eigenvalue weighted by molar-refractivity contribution is -0.111. The minimum Gasteiger partial charge on any atom is -0.349 e. The first-order valence-corrected chi connectivity index (χ1v) is 8.53. The van der Waals surface area contributed by atoms with Crippen molar-refractivity contribution < 1.29 is 14.4 Å². The van der Waals surface area contributed by atoms with Crippen molar-refractivity contribution in [2.24, 2.45) is 0 Å². The number of anilines is 1. The van der Waals surface area contributed by atoms with Gasteiger partial charge in [-0.05, 0) is 43.5 Å². The van der Waals surface area contributed by atoms with Crippen LogP contribution in [0.3, 0.4) is 0 Å². The van der Waals surface area contributed by atoms with Crippen molar-refractivity contribution in [3.63, 3.8) is 0 Å². The average Bonchev–Trinajstić information content (AvgIpc) is 3.46. The molecule has 2 aromatic carbocycles. The number of aryl methyl sites for hydroxylation is 1. The van der Waals surface area contributed by atoms with Gasteiger partial charge in [-0.1, -0.05) is 36.4 Å². The van der Waals surface area contributed by atoms with E-state index >= 15 is 0 Å². The van der Waals surface area contributed by atoms with Gasteiger partial charge in [0.2, 0.25) is 5.91 Å². The highest BCUT2D eigenvalue weighted by atomic mass is 16.2. The molecule has 0 unspecified atom stereocenters. The van der Waals surface area contributed by atoms with Crippen molar-refractivity contribution in [2.45, 2.75) is 25.8 Å². The summed E-state index contributed by atoms with van der Waals surface area (Å²) in [5.41, 5.74) is 2.41. The van der Waals surface area contributed by atoms with Gasteiger partial charge in [-0.25, -0.2) is 0 Å². The fraction of sp³-hybridized carbons (Fsp3) is 0.190. The summed E-state index contributed by atoms with van der Waals surface area (Å²) in [7, 11) is 0. The summed E-state index contributed by atoms with van der Waals surface area (Å²) in [4.78, 5) is 36.3. The number of amides is 2. The zero-order chi connectivity index (χ0) is 18.5. The Balaban J connectivity index is 1.65. The van der Waals surface area contributed by atoms with Crippen LogP contribution in [0.15, 0.2) is 60.7 Å². The molecule has 2 N–H and O–H groups in total. The van der Waals surface area contributed by atoms with Crippen LogP contribution in [-0.4, -0.2) is 23.6 Å².